The second-order valence-electron chi connectivity index (χ2n) is 4.01. The van der Waals surface area contributed by atoms with Gasteiger partial charge in [0.15, 0.2) is 0 Å². The molecule has 0 spiro atoms. The number of rotatable bonds is 1. The zero-order chi connectivity index (χ0) is 11.8. The van der Waals surface area contributed by atoms with E-state index in [-0.39, 0.29) is 12.1 Å². The van der Waals surface area contributed by atoms with Crippen LogP contribution in [0.5, 0.6) is 5.75 Å². The van der Waals surface area contributed by atoms with Gasteiger partial charge in [-0.25, -0.2) is 0 Å². The topological polar surface area (TPSA) is 68.1 Å². The molecule has 0 saturated heterocycles. The Morgan fingerprint density at radius 3 is 3.00 bits per heavy atom. The van der Waals surface area contributed by atoms with E-state index in [1.165, 1.54) is 0 Å². The Hall–Kier alpha value is -2.07. The number of nitrogens with one attached hydrogen (secondary N) is 1. The first-order chi connectivity index (χ1) is 8.29. The molecular formula is C13H12N2O2. The lowest BCUT2D eigenvalue weighted by Gasteiger charge is -2.20. The Balaban J connectivity index is 2.26. The van der Waals surface area contributed by atoms with Crippen molar-refractivity contribution in [3.05, 3.63) is 51.8 Å². The lowest BCUT2D eigenvalue weighted by molar-refractivity contribution is 0.301. The van der Waals surface area contributed by atoms with E-state index in [1.54, 1.807) is 0 Å². The van der Waals surface area contributed by atoms with Gasteiger partial charge in [0.2, 0.25) is 0 Å². The van der Waals surface area contributed by atoms with Gasteiger partial charge >= 0.3 is 0 Å². The summed E-state index contributed by atoms with van der Waals surface area (Å²) in [6.07, 6.45) is 0. The van der Waals surface area contributed by atoms with Crippen LogP contribution in [0.25, 0.3) is 11.3 Å². The fourth-order valence-corrected chi connectivity index (χ4v) is 2.08. The normalized spacial score (nSPS) is 12.5. The summed E-state index contributed by atoms with van der Waals surface area (Å²) in [5, 5.41) is 0. The fraction of sp³-hybridized carbons (Fsp3) is 0.154. The maximum absolute atomic E-state index is 11.8. The minimum atomic E-state index is -0.122. The molecule has 1 aromatic heterocycles. The summed E-state index contributed by atoms with van der Waals surface area (Å²) in [6.45, 7) is 0.709. The average Bonchev–Trinajstić information content (AvgIpc) is 2.38. The summed E-state index contributed by atoms with van der Waals surface area (Å²) in [6, 6.07) is 9.49. The first-order valence-electron chi connectivity index (χ1n) is 5.47. The van der Waals surface area contributed by atoms with E-state index in [0.717, 1.165) is 22.6 Å². The molecule has 4 heteroatoms. The number of hydrogen-bond acceptors (Lipinski definition) is 3. The van der Waals surface area contributed by atoms with Crippen molar-refractivity contribution < 1.29 is 4.74 Å². The van der Waals surface area contributed by atoms with Crippen LogP contribution in [0, 0.1) is 0 Å². The highest BCUT2D eigenvalue weighted by Gasteiger charge is 2.18. The molecule has 4 nitrogen and oxygen atoms in total. The van der Waals surface area contributed by atoms with Crippen molar-refractivity contribution in [3.8, 4) is 17.0 Å². The van der Waals surface area contributed by atoms with Gasteiger partial charge in [0.25, 0.3) is 5.56 Å². The van der Waals surface area contributed by atoms with Gasteiger partial charge in [-0.2, -0.15) is 0 Å². The Bertz CT molecular complexity index is 632. The summed E-state index contributed by atoms with van der Waals surface area (Å²) in [7, 11) is 0. The minimum Gasteiger partial charge on any atom is -0.488 e. The van der Waals surface area contributed by atoms with E-state index in [2.05, 4.69) is 4.98 Å². The van der Waals surface area contributed by atoms with Gasteiger partial charge in [-0.3, -0.25) is 4.79 Å². The van der Waals surface area contributed by atoms with Crippen molar-refractivity contribution in [1.82, 2.24) is 4.98 Å². The average molecular weight is 228 g/mol. The third-order valence-electron chi connectivity index (χ3n) is 2.96. The summed E-state index contributed by atoms with van der Waals surface area (Å²) in [4.78, 5) is 14.6. The number of ether oxygens (including phenoxy) is 1. The van der Waals surface area contributed by atoms with Crippen molar-refractivity contribution in [1.29, 1.82) is 0 Å². The summed E-state index contributed by atoms with van der Waals surface area (Å²) in [5.41, 5.74) is 8.73. The predicted octanol–water partition coefficient (Wildman–Crippen LogP) is 1.39. The molecule has 86 valence electrons. The van der Waals surface area contributed by atoms with Crippen molar-refractivity contribution in [2.45, 2.75) is 13.2 Å². The van der Waals surface area contributed by atoms with Crippen molar-refractivity contribution in [2.24, 2.45) is 5.73 Å². The quantitative estimate of drug-likeness (QED) is 0.775. The third-order valence-corrected chi connectivity index (χ3v) is 2.96. The van der Waals surface area contributed by atoms with Crippen LogP contribution >= 0.6 is 0 Å². The Kier molecular flexibility index (Phi) is 2.23. The zero-order valence-corrected chi connectivity index (χ0v) is 9.19. The number of nitrogens with two attached hydrogens (primary N) is 1. The first-order valence-corrected chi connectivity index (χ1v) is 5.47. The molecule has 0 amide bonds. The first kappa shape index (κ1) is 10.1. The van der Waals surface area contributed by atoms with Crippen LogP contribution in [0.1, 0.15) is 11.1 Å². The molecule has 3 rings (SSSR count). The number of aromatic amines is 1. The smallest absolute Gasteiger partial charge is 0.252 e. The molecular weight excluding hydrogens is 216 g/mol. The molecule has 17 heavy (non-hydrogen) atoms. The summed E-state index contributed by atoms with van der Waals surface area (Å²) >= 11 is 0. The van der Waals surface area contributed by atoms with Crippen LogP contribution in [-0.4, -0.2) is 4.98 Å². The molecule has 1 aliphatic heterocycles. The van der Waals surface area contributed by atoms with E-state index < -0.39 is 0 Å². The van der Waals surface area contributed by atoms with Gasteiger partial charge in [0.1, 0.15) is 12.4 Å². The highest BCUT2D eigenvalue weighted by Crippen LogP contribution is 2.35. The molecule has 1 aliphatic rings. The molecule has 2 aromatic rings. The van der Waals surface area contributed by atoms with Crippen LogP contribution in [0.4, 0.5) is 0 Å². The van der Waals surface area contributed by atoms with E-state index in [4.69, 9.17) is 10.5 Å². The van der Waals surface area contributed by atoms with Gasteiger partial charge in [-0.15, -0.1) is 0 Å². The number of para-hydroxylation sites is 1. The second kappa shape index (κ2) is 3.75. The SMILES string of the molecule is NCc1cc2c([nH]c1=O)-c1ccccc1OC2. The molecule has 3 N–H and O–H groups in total. The van der Waals surface area contributed by atoms with Crippen molar-refractivity contribution >= 4 is 0 Å². The Morgan fingerprint density at radius 2 is 2.18 bits per heavy atom. The Labute approximate surface area is 98.0 Å². The summed E-state index contributed by atoms with van der Waals surface area (Å²) in [5.74, 6) is 0.802. The number of benzene rings is 1. The van der Waals surface area contributed by atoms with Crippen molar-refractivity contribution in [2.75, 3.05) is 0 Å². The lowest BCUT2D eigenvalue weighted by Crippen LogP contribution is -2.20. The largest absolute Gasteiger partial charge is 0.488 e. The molecule has 0 aliphatic carbocycles. The van der Waals surface area contributed by atoms with Crippen LogP contribution in [-0.2, 0) is 13.2 Å². The van der Waals surface area contributed by atoms with E-state index >= 15 is 0 Å². The maximum Gasteiger partial charge on any atom is 0.252 e. The van der Waals surface area contributed by atoms with Crippen LogP contribution in [0.3, 0.4) is 0 Å². The van der Waals surface area contributed by atoms with E-state index in [1.807, 2.05) is 30.3 Å². The zero-order valence-electron chi connectivity index (χ0n) is 9.19. The predicted molar refractivity (Wildman–Crippen MR) is 64.7 cm³/mol. The Morgan fingerprint density at radius 1 is 1.35 bits per heavy atom. The molecule has 0 radical (unpaired) electrons. The highest BCUT2D eigenvalue weighted by atomic mass is 16.5. The van der Waals surface area contributed by atoms with Crippen LogP contribution in [0.2, 0.25) is 0 Å². The molecule has 0 unspecified atom stereocenters. The number of H-pyrrole nitrogens is 1. The minimum absolute atomic E-state index is 0.122. The van der Waals surface area contributed by atoms with E-state index in [9.17, 15) is 4.79 Å². The van der Waals surface area contributed by atoms with Gasteiger partial charge in [0, 0.05) is 23.2 Å². The van der Waals surface area contributed by atoms with Gasteiger partial charge in [-0.1, -0.05) is 12.1 Å². The van der Waals surface area contributed by atoms with Gasteiger partial charge in [-0.05, 0) is 18.2 Å². The third kappa shape index (κ3) is 1.54. The summed E-state index contributed by atoms with van der Waals surface area (Å²) < 4.78 is 5.63. The van der Waals surface area contributed by atoms with Crippen LogP contribution in [0.15, 0.2) is 35.1 Å². The molecule has 2 heterocycles. The molecule has 1 aromatic carbocycles. The monoisotopic (exact) mass is 228 g/mol. The number of hydrogen-bond donors (Lipinski definition) is 2. The number of aromatic nitrogens is 1. The number of fused-ring (bicyclic) bond motifs is 3. The lowest BCUT2D eigenvalue weighted by atomic mass is 10.0. The second-order valence-corrected chi connectivity index (χ2v) is 4.01. The highest BCUT2D eigenvalue weighted by molar-refractivity contribution is 5.71. The van der Waals surface area contributed by atoms with Crippen LogP contribution < -0.4 is 16.0 Å². The molecule has 0 saturated carbocycles. The van der Waals surface area contributed by atoms with Gasteiger partial charge < -0.3 is 15.5 Å². The van der Waals surface area contributed by atoms with Gasteiger partial charge in [0.05, 0.1) is 5.69 Å². The van der Waals surface area contributed by atoms with Crippen molar-refractivity contribution in [3.63, 3.8) is 0 Å². The molecule has 0 atom stereocenters. The standard InChI is InChI=1S/C13H12N2O2/c14-6-8-5-9-7-17-11-4-2-1-3-10(11)12(9)15-13(8)16/h1-5H,6-7,14H2,(H,15,16). The molecule has 0 fully saturated rings. The fourth-order valence-electron chi connectivity index (χ4n) is 2.08. The number of pyridine rings is 1. The maximum atomic E-state index is 11.8. The molecule has 0 bridgehead atoms. The van der Waals surface area contributed by atoms with E-state index in [0.29, 0.717) is 12.2 Å².